The highest BCUT2D eigenvalue weighted by atomic mass is 16.5. The molecule has 3 heterocycles. The number of rotatable bonds is 2. The van der Waals surface area contributed by atoms with Gasteiger partial charge in [0.2, 0.25) is 0 Å². The van der Waals surface area contributed by atoms with Crippen LogP contribution in [0.1, 0.15) is 5.69 Å². The number of hydrogen-bond acceptors (Lipinski definition) is 4. The molecule has 0 aromatic carbocycles. The van der Waals surface area contributed by atoms with E-state index in [0.29, 0.717) is 31.9 Å². The third kappa shape index (κ3) is 2.51. The van der Waals surface area contributed by atoms with Crippen LogP contribution in [0.4, 0.5) is 9.59 Å². The summed E-state index contributed by atoms with van der Waals surface area (Å²) in [5.74, 6) is 0.511. The van der Waals surface area contributed by atoms with E-state index in [2.05, 4.69) is 5.32 Å². The molecular weight excluding hydrogens is 288 g/mol. The van der Waals surface area contributed by atoms with Crippen molar-refractivity contribution in [3.8, 4) is 5.75 Å². The fourth-order valence-electron chi connectivity index (χ4n) is 2.49. The molecule has 8 nitrogen and oxygen atoms in total. The fourth-order valence-corrected chi connectivity index (χ4v) is 2.49. The standard InChI is InChI=1S/C14H18N4O4/c1-9-5-10(6-12(19)16(9)2)22-11-7-17(8-11)14(21)18-4-3-15-13(18)20/h5-6,11H,3-4,7-8H2,1-2H3,(H,15,20). The number of amides is 4. The van der Waals surface area contributed by atoms with E-state index in [1.54, 1.807) is 18.0 Å². The van der Waals surface area contributed by atoms with E-state index in [4.69, 9.17) is 4.74 Å². The molecular formula is C14H18N4O4. The molecule has 2 aliphatic heterocycles. The number of imide groups is 1. The van der Waals surface area contributed by atoms with Gasteiger partial charge in [0, 0.05) is 31.9 Å². The van der Waals surface area contributed by atoms with Crippen LogP contribution in [0, 0.1) is 6.92 Å². The van der Waals surface area contributed by atoms with E-state index in [0.717, 1.165) is 5.69 Å². The first-order valence-electron chi connectivity index (χ1n) is 7.14. The molecule has 1 N–H and O–H groups in total. The molecule has 0 atom stereocenters. The van der Waals surface area contributed by atoms with Gasteiger partial charge in [0.1, 0.15) is 11.9 Å². The van der Waals surface area contributed by atoms with Crippen molar-refractivity contribution in [3.05, 3.63) is 28.2 Å². The van der Waals surface area contributed by atoms with Gasteiger partial charge in [-0.05, 0) is 13.0 Å². The van der Waals surface area contributed by atoms with Crippen LogP contribution in [-0.4, -0.2) is 58.7 Å². The lowest BCUT2D eigenvalue weighted by atomic mass is 10.2. The quantitative estimate of drug-likeness (QED) is 0.827. The summed E-state index contributed by atoms with van der Waals surface area (Å²) in [6, 6.07) is 2.58. The molecule has 0 unspecified atom stereocenters. The molecule has 0 radical (unpaired) electrons. The van der Waals surface area contributed by atoms with Crippen LogP contribution in [0.5, 0.6) is 5.75 Å². The molecule has 0 bridgehead atoms. The zero-order valence-electron chi connectivity index (χ0n) is 12.5. The molecule has 2 saturated heterocycles. The number of urea groups is 2. The van der Waals surface area contributed by atoms with Gasteiger partial charge in [0.15, 0.2) is 0 Å². The second-order valence-corrected chi connectivity index (χ2v) is 5.54. The highest BCUT2D eigenvalue weighted by molar-refractivity contribution is 5.95. The van der Waals surface area contributed by atoms with Crippen molar-refractivity contribution in [3.63, 3.8) is 0 Å². The summed E-state index contributed by atoms with van der Waals surface area (Å²) in [6.45, 7) is 3.54. The molecule has 0 spiro atoms. The highest BCUT2D eigenvalue weighted by Gasteiger charge is 2.38. The van der Waals surface area contributed by atoms with Gasteiger partial charge in [-0.25, -0.2) is 14.5 Å². The van der Waals surface area contributed by atoms with Gasteiger partial charge in [-0.15, -0.1) is 0 Å². The Morgan fingerprint density at radius 1 is 1.32 bits per heavy atom. The van der Waals surface area contributed by atoms with Gasteiger partial charge in [0.25, 0.3) is 5.56 Å². The molecule has 2 aliphatic rings. The first-order valence-corrected chi connectivity index (χ1v) is 7.14. The Hall–Kier alpha value is -2.51. The summed E-state index contributed by atoms with van der Waals surface area (Å²) in [4.78, 5) is 38.0. The molecule has 118 valence electrons. The maximum absolute atomic E-state index is 12.1. The minimum atomic E-state index is -0.350. The van der Waals surface area contributed by atoms with Crippen molar-refractivity contribution in [1.82, 2.24) is 19.7 Å². The van der Waals surface area contributed by atoms with E-state index in [9.17, 15) is 14.4 Å². The Morgan fingerprint density at radius 3 is 2.64 bits per heavy atom. The van der Waals surface area contributed by atoms with Crippen molar-refractivity contribution in [1.29, 1.82) is 0 Å². The lowest BCUT2D eigenvalue weighted by molar-refractivity contribution is 0.0359. The minimum absolute atomic E-state index is 0.129. The summed E-state index contributed by atoms with van der Waals surface area (Å²) in [7, 11) is 1.70. The van der Waals surface area contributed by atoms with Crippen molar-refractivity contribution >= 4 is 12.1 Å². The number of pyridine rings is 1. The van der Waals surface area contributed by atoms with E-state index >= 15 is 0 Å². The summed E-state index contributed by atoms with van der Waals surface area (Å²) in [6.07, 6.45) is -0.152. The lowest BCUT2D eigenvalue weighted by Crippen LogP contribution is -2.60. The Bertz CT molecular complexity index is 678. The van der Waals surface area contributed by atoms with Gasteiger partial charge in [-0.1, -0.05) is 0 Å². The lowest BCUT2D eigenvalue weighted by Gasteiger charge is -2.40. The smallest absolute Gasteiger partial charge is 0.328 e. The third-order valence-corrected chi connectivity index (χ3v) is 3.99. The van der Waals surface area contributed by atoms with Gasteiger partial charge >= 0.3 is 12.1 Å². The topological polar surface area (TPSA) is 83.9 Å². The predicted octanol–water partition coefficient (Wildman–Crippen LogP) is -0.0981. The first kappa shape index (κ1) is 14.4. The van der Waals surface area contributed by atoms with Crippen molar-refractivity contribution in [2.45, 2.75) is 13.0 Å². The van der Waals surface area contributed by atoms with Crippen LogP contribution < -0.4 is 15.6 Å². The van der Waals surface area contributed by atoms with E-state index in [1.165, 1.54) is 15.5 Å². The Morgan fingerprint density at radius 2 is 2.05 bits per heavy atom. The third-order valence-electron chi connectivity index (χ3n) is 3.99. The number of hydrogen-bond donors (Lipinski definition) is 1. The van der Waals surface area contributed by atoms with Crippen LogP contribution in [0.3, 0.4) is 0 Å². The number of carbonyl (C=O) groups is 2. The number of carbonyl (C=O) groups excluding carboxylic acids is 2. The Balaban J connectivity index is 1.57. The maximum atomic E-state index is 12.1. The Kier molecular flexibility index (Phi) is 3.51. The summed E-state index contributed by atoms with van der Waals surface area (Å²) < 4.78 is 7.25. The molecule has 22 heavy (non-hydrogen) atoms. The second-order valence-electron chi connectivity index (χ2n) is 5.54. The van der Waals surface area contributed by atoms with Crippen molar-refractivity contribution in [2.75, 3.05) is 26.2 Å². The van der Waals surface area contributed by atoms with Gasteiger partial charge in [0.05, 0.1) is 13.1 Å². The normalized spacial score (nSPS) is 18.2. The summed E-state index contributed by atoms with van der Waals surface area (Å²) in [5.41, 5.74) is 0.680. The fraction of sp³-hybridized carbons (Fsp3) is 0.500. The zero-order valence-corrected chi connectivity index (χ0v) is 12.5. The molecule has 1 aromatic rings. The summed E-state index contributed by atoms with van der Waals surface area (Å²) >= 11 is 0. The molecule has 0 aliphatic carbocycles. The maximum Gasteiger partial charge on any atom is 0.328 e. The number of aromatic nitrogens is 1. The van der Waals surface area contributed by atoms with Crippen LogP contribution in [0.25, 0.3) is 0 Å². The Labute approximate surface area is 127 Å². The van der Waals surface area contributed by atoms with Crippen molar-refractivity contribution < 1.29 is 14.3 Å². The monoisotopic (exact) mass is 306 g/mol. The number of aryl methyl sites for hydroxylation is 1. The van der Waals surface area contributed by atoms with Crippen LogP contribution in [-0.2, 0) is 7.05 Å². The second kappa shape index (κ2) is 5.36. The molecule has 0 saturated carbocycles. The first-order chi connectivity index (χ1) is 10.5. The van der Waals surface area contributed by atoms with E-state index < -0.39 is 0 Å². The van der Waals surface area contributed by atoms with Gasteiger partial charge in [-0.3, -0.25) is 4.79 Å². The number of ether oxygens (including phenoxy) is 1. The van der Waals surface area contributed by atoms with Gasteiger partial charge < -0.3 is 19.5 Å². The molecule has 8 heteroatoms. The predicted molar refractivity (Wildman–Crippen MR) is 77.9 cm³/mol. The molecule has 1 aromatic heterocycles. The highest BCUT2D eigenvalue weighted by Crippen LogP contribution is 2.19. The van der Waals surface area contributed by atoms with Crippen molar-refractivity contribution in [2.24, 2.45) is 7.05 Å². The number of nitrogens with zero attached hydrogens (tertiary/aromatic N) is 3. The average molecular weight is 306 g/mol. The minimum Gasteiger partial charge on any atom is -0.486 e. The number of likely N-dealkylation sites (tertiary alicyclic amines) is 1. The van der Waals surface area contributed by atoms with Crippen LogP contribution >= 0.6 is 0 Å². The SMILES string of the molecule is Cc1cc(OC2CN(C(=O)N3CCNC3=O)C2)cc(=O)n1C. The number of nitrogens with one attached hydrogen (secondary N) is 1. The van der Waals surface area contributed by atoms with E-state index in [1.807, 2.05) is 6.92 Å². The molecule has 2 fully saturated rings. The summed E-state index contributed by atoms with van der Waals surface area (Å²) in [5, 5.41) is 2.59. The zero-order chi connectivity index (χ0) is 15.9. The van der Waals surface area contributed by atoms with Crippen LogP contribution in [0.15, 0.2) is 16.9 Å². The molecule has 4 amide bonds. The van der Waals surface area contributed by atoms with E-state index in [-0.39, 0.29) is 23.7 Å². The average Bonchev–Trinajstić information content (AvgIpc) is 2.85. The van der Waals surface area contributed by atoms with Crippen LogP contribution in [0.2, 0.25) is 0 Å². The molecule has 3 rings (SSSR count). The van der Waals surface area contributed by atoms with Gasteiger partial charge in [-0.2, -0.15) is 0 Å². The largest absolute Gasteiger partial charge is 0.486 e.